The maximum atomic E-state index is 13.2. The zero-order valence-electron chi connectivity index (χ0n) is 15.9. The maximum Gasteiger partial charge on any atom is 0.336 e. The number of para-hydroxylation sites is 1. The number of rotatable bonds is 4. The zero-order valence-corrected chi connectivity index (χ0v) is 16.6. The fourth-order valence-electron chi connectivity index (χ4n) is 3.41. The topological polar surface area (TPSA) is 67.4 Å². The number of ether oxygens (including phenoxy) is 1. The lowest BCUT2D eigenvalue weighted by Gasteiger charge is -2.30. The van der Waals surface area contributed by atoms with Crippen molar-refractivity contribution in [2.45, 2.75) is 19.8 Å². The molecule has 2 aromatic rings. The molecule has 2 N–H and O–H groups in total. The molecule has 0 aliphatic carbocycles. The Labute approximate surface area is 169 Å². The Morgan fingerprint density at radius 3 is 2.32 bits per heavy atom. The molecule has 28 heavy (non-hydrogen) atoms. The van der Waals surface area contributed by atoms with Gasteiger partial charge >= 0.3 is 5.97 Å². The van der Waals surface area contributed by atoms with Gasteiger partial charge in [0.15, 0.2) is 0 Å². The molecule has 2 aromatic carbocycles. The van der Waals surface area contributed by atoms with E-state index in [9.17, 15) is 9.59 Å². The van der Waals surface area contributed by atoms with Crippen molar-refractivity contribution in [3.8, 4) is 0 Å². The molecule has 5 nitrogen and oxygen atoms in total. The summed E-state index contributed by atoms with van der Waals surface area (Å²) in [7, 11) is 1.33. The third kappa shape index (κ3) is 3.94. The van der Waals surface area contributed by atoms with E-state index in [4.69, 9.17) is 16.3 Å². The number of carbonyl (C=O) groups is 2. The zero-order chi connectivity index (χ0) is 20.3. The van der Waals surface area contributed by atoms with Gasteiger partial charge in [0.05, 0.1) is 18.6 Å². The first-order valence-electron chi connectivity index (χ1n) is 8.81. The molecule has 0 radical (unpaired) electrons. The Morgan fingerprint density at radius 2 is 1.68 bits per heavy atom. The first kappa shape index (κ1) is 19.7. The van der Waals surface area contributed by atoms with Gasteiger partial charge in [0.2, 0.25) is 0 Å². The van der Waals surface area contributed by atoms with Gasteiger partial charge in [0.1, 0.15) is 0 Å². The SMILES string of the molecule is COC(=O)C1=C(C)NC(C)=C(C(=O)Nc2ccccc2)C1c1cccc(Cl)c1. The molecule has 144 valence electrons. The van der Waals surface area contributed by atoms with Crippen LogP contribution in [0.3, 0.4) is 0 Å². The molecule has 1 aliphatic rings. The summed E-state index contributed by atoms with van der Waals surface area (Å²) in [6.07, 6.45) is 0. The average Bonchev–Trinajstić information content (AvgIpc) is 2.67. The maximum absolute atomic E-state index is 13.2. The van der Waals surface area contributed by atoms with E-state index in [2.05, 4.69) is 10.6 Å². The van der Waals surface area contributed by atoms with Crippen LogP contribution in [0.2, 0.25) is 5.02 Å². The molecule has 0 saturated heterocycles. The molecular weight excluding hydrogens is 376 g/mol. The standard InChI is InChI=1S/C22H21ClN2O3/c1-13-18(21(26)25-17-10-5-4-6-11-17)20(15-8-7-9-16(23)12-15)19(14(2)24-13)22(27)28-3/h4-12,20,24H,1-3H3,(H,25,26). The van der Waals surface area contributed by atoms with E-state index in [1.807, 2.05) is 31.2 Å². The second kappa shape index (κ2) is 8.31. The van der Waals surface area contributed by atoms with E-state index in [1.165, 1.54) is 7.11 Å². The van der Waals surface area contributed by atoms with Crippen molar-refractivity contribution in [2.75, 3.05) is 12.4 Å². The van der Waals surface area contributed by atoms with Gasteiger partial charge in [-0.15, -0.1) is 0 Å². The highest BCUT2D eigenvalue weighted by atomic mass is 35.5. The van der Waals surface area contributed by atoms with Crippen LogP contribution < -0.4 is 10.6 Å². The van der Waals surface area contributed by atoms with Crippen molar-refractivity contribution in [1.29, 1.82) is 0 Å². The van der Waals surface area contributed by atoms with Crippen LogP contribution >= 0.6 is 11.6 Å². The number of allylic oxidation sites excluding steroid dienone is 2. The summed E-state index contributed by atoms with van der Waals surface area (Å²) in [4.78, 5) is 25.8. The summed E-state index contributed by atoms with van der Waals surface area (Å²) in [5.41, 5.74) is 3.55. The van der Waals surface area contributed by atoms with E-state index < -0.39 is 11.9 Å². The van der Waals surface area contributed by atoms with E-state index in [0.29, 0.717) is 33.3 Å². The lowest BCUT2D eigenvalue weighted by molar-refractivity contribution is -0.136. The largest absolute Gasteiger partial charge is 0.466 e. The molecule has 0 fully saturated rings. The monoisotopic (exact) mass is 396 g/mol. The molecule has 1 amide bonds. The van der Waals surface area contributed by atoms with Crippen molar-refractivity contribution in [2.24, 2.45) is 0 Å². The number of carbonyl (C=O) groups excluding carboxylic acids is 2. The van der Waals surface area contributed by atoms with Crippen LogP contribution in [-0.4, -0.2) is 19.0 Å². The highest BCUT2D eigenvalue weighted by Crippen LogP contribution is 2.39. The van der Waals surface area contributed by atoms with Crippen LogP contribution in [0.1, 0.15) is 25.3 Å². The number of amides is 1. The summed E-state index contributed by atoms with van der Waals surface area (Å²) in [5, 5.41) is 6.57. The molecule has 1 aliphatic heterocycles. The summed E-state index contributed by atoms with van der Waals surface area (Å²) >= 11 is 6.19. The minimum absolute atomic E-state index is 0.296. The highest BCUT2D eigenvalue weighted by molar-refractivity contribution is 6.30. The third-order valence-corrected chi connectivity index (χ3v) is 4.86. The molecule has 1 atom stereocenters. The van der Waals surface area contributed by atoms with Crippen molar-refractivity contribution >= 4 is 29.2 Å². The Morgan fingerprint density at radius 1 is 1.00 bits per heavy atom. The number of methoxy groups -OCH3 is 1. The predicted molar refractivity (Wildman–Crippen MR) is 110 cm³/mol. The number of hydrogen-bond donors (Lipinski definition) is 2. The van der Waals surface area contributed by atoms with Gasteiger partial charge in [-0.3, -0.25) is 4.79 Å². The molecule has 3 rings (SSSR count). The van der Waals surface area contributed by atoms with Crippen molar-refractivity contribution in [1.82, 2.24) is 5.32 Å². The van der Waals surface area contributed by atoms with E-state index in [-0.39, 0.29) is 5.91 Å². The van der Waals surface area contributed by atoms with E-state index in [1.54, 1.807) is 37.3 Å². The van der Waals surface area contributed by atoms with Gasteiger partial charge in [0, 0.05) is 27.7 Å². The first-order chi connectivity index (χ1) is 13.4. The Balaban J connectivity index is 2.11. The molecule has 1 unspecified atom stereocenters. The second-order valence-electron chi connectivity index (χ2n) is 6.50. The van der Waals surface area contributed by atoms with Crippen LogP contribution in [0.15, 0.2) is 77.1 Å². The average molecular weight is 397 g/mol. The third-order valence-electron chi connectivity index (χ3n) is 4.62. The van der Waals surface area contributed by atoms with Gasteiger partial charge in [-0.2, -0.15) is 0 Å². The van der Waals surface area contributed by atoms with Crippen LogP contribution in [0.25, 0.3) is 0 Å². The van der Waals surface area contributed by atoms with Gasteiger partial charge in [-0.1, -0.05) is 41.9 Å². The fourth-order valence-corrected chi connectivity index (χ4v) is 3.61. The number of dihydropyridines is 1. The summed E-state index contributed by atoms with van der Waals surface area (Å²) < 4.78 is 5.00. The molecule has 1 heterocycles. The molecule has 0 saturated carbocycles. The number of hydrogen-bond acceptors (Lipinski definition) is 4. The first-order valence-corrected chi connectivity index (χ1v) is 9.19. The van der Waals surface area contributed by atoms with Crippen molar-refractivity contribution in [3.05, 3.63) is 87.7 Å². The number of benzene rings is 2. The van der Waals surface area contributed by atoms with Crippen molar-refractivity contribution in [3.63, 3.8) is 0 Å². The van der Waals surface area contributed by atoms with Crippen molar-refractivity contribution < 1.29 is 14.3 Å². The van der Waals surface area contributed by atoms with Crippen LogP contribution in [0.5, 0.6) is 0 Å². The Bertz CT molecular complexity index is 980. The van der Waals surface area contributed by atoms with Crippen LogP contribution in [0, 0.1) is 0 Å². The molecule has 0 bridgehead atoms. The summed E-state index contributed by atoms with van der Waals surface area (Å²) in [5.74, 6) is -1.39. The molecule has 6 heteroatoms. The fraction of sp³-hybridized carbons (Fsp3) is 0.182. The second-order valence-corrected chi connectivity index (χ2v) is 6.94. The van der Waals surface area contributed by atoms with Crippen LogP contribution in [0.4, 0.5) is 5.69 Å². The number of halogens is 1. The van der Waals surface area contributed by atoms with Gasteiger partial charge in [-0.05, 0) is 43.7 Å². The molecular formula is C22H21ClN2O3. The smallest absolute Gasteiger partial charge is 0.336 e. The molecule has 0 spiro atoms. The van der Waals surface area contributed by atoms with Crippen LogP contribution in [-0.2, 0) is 14.3 Å². The van der Waals surface area contributed by atoms with E-state index in [0.717, 1.165) is 5.56 Å². The lowest BCUT2D eigenvalue weighted by atomic mass is 9.80. The highest BCUT2D eigenvalue weighted by Gasteiger charge is 2.37. The lowest BCUT2D eigenvalue weighted by Crippen LogP contribution is -2.33. The summed E-state index contributed by atoms with van der Waals surface area (Å²) in [6, 6.07) is 16.3. The van der Waals surface area contributed by atoms with Gasteiger partial charge in [0.25, 0.3) is 5.91 Å². The summed E-state index contributed by atoms with van der Waals surface area (Å²) in [6.45, 7) is 3.61. The van der Waals surface area contributed by atoms with Gasteiger partial charge < -0.3 is 15.4 Å². The predicted octanol–water partition coefficient (Wildman–Crippen LogP) is 4.39. The minimum Gasteiger partial charge on any atom is -0.466 e. The van der Waals surface area contributed by atoms with Gasteiger partial charge in [-0.25, -0.2) is 4.79 Å². The molecule has 0 aromatic heterocycles. The normalized spacial score (nSPS) is 16.5. The minimum atomic E-state index is -0.601. The Kier molecular flexibility index (Phi) is 5.85. The quantitative estimate of drug-likeness (QED) is 0.752. The number of nitrogens with one attached hydrogen (secondary N) is 2. The van der Waals surface area contributed by atoms with E-state index >= 15 is 0 Å². The Hall–Kier alpha value is -3.05. The number of anilines is 1. The number of esters is 1.